The maximum absolute atomic E-state index is 9.34. The molecule has 0 amide bonds. The minimum atomic E-state index is 0.0931. The molecule has 2 heteroatoms. The van der Waals surface area contributed by atoms with Crippen LogP contribution < -0.4 is 0 Å². The molecule has 0 unspecified atom stereocenters. The molecule has 0 rings (SSSR count). The van der Waals surface area contributed by atoms with E-state index in [4.69, 9.17) is 4.74 Å². The van der Waals surface area contributed by atoms with E-state index in [1.54, 1.807) is 24.3 Å². The van der Waals surface area contributed by atoms with Gasteiger partial charge in [-0.3, -0.25) is 0 Å². The van der Waals surface area contributed by atoms with Crippen molar-refractivity contribution in [3.8, 4) is 0 Å². The van der Waals surface area contributed by atoms with E-state index in [2.05, 4.69) is 6.58 Å². The summed E-state index contributed by atoms with van der Waals surface area (Å²) in [5.74, 6) is 0.499. The number of allylic oxidation sites excluding steroid dienone is 5. The first kappa shape index (κ1) is 10.6. The van der Waals surface area contributed by atoms with Gasteiger partial charge in [0.05, 0.1) is 7.11 Å². The molecule has 0 spiro atoms. The lowest BCUT2D eigenvalue weighted by Crippen LogP contribution is -1.90. The fraction of sp³-hybridized carbons (Fsp3) is 0.200. The highest BCUT2D eigenvalue weighted by Crippen LogP contribution is 2.06. The van der Waals surface area contributed by atoms with Gasteiger partial charge < -0.3 is 9.84 Å². The van der Waals surface area contributed by atoms with Crippen LogP contribution in [-0.2, 0) is 4.74 Å². The van der Waals surface area contributed by atoms with Crippen molar-refractivity contribution >= 4 is 0 Å². The second-order valence-electron chi connectivity index (χ2n) is 2.05. The molecule has 0 aromatic carbocycles. The SMILES string of the molecule is C=C\C=C(OC)/C(O)=C\C=C/C. The van der Waals surface area contributed by atoms with E-state index in [0.717, 1.165) is 0 Å². The van der Waals surface area contributed by atoms with Crippen molar-refractivity contribution in [3.63, 3.8) is 0 Å². The van der Waals surface area contributed by atoms with Gasteiger partial charge in [-0.15, -0.1) is 0 Å². The van der Waals surface area contributed by atoms with Gasteiger partial charge in [0.25, 0.3) is 0 Å². The van der Waals surface area contributed by atoms with E-state index < -0.39 is 0 Å². The van der Waals surface area contributed by atoms with Crippen molar-refractivity contribution in [3.05, 3.63) is 48.5 Å². The van der Waals surface area contributed by atoms with Gasteiger partial charge in [0.15, 0.2) is 11.5 Å². The molecule has 66 valence electrons. The Kier molecular flexibility index (Phi) is 5.53. The summed E-state index contributed by atoms with van der Waals surface area (Å²) in [4.78, 5) is 0. The number of aliphatic hydroxyl groups excluding tert-OH is 1. The Bertz CT molecular complexity index is 222. The lowest BCUT2D eigenvalue weighted by atomic mass is 10.3. The van der Waals surface area contributed by atoms with Crippen molar-refractivity contribution in [1.29, 1.82) is 0 Å². The average Bonchev–Trinajstić information content (AvgIpc) is 2.10. The molecule has 0 aromatic rings. The van der Waals surface area contributed by atoms with Crippen LogP contribution in [0.2, 0.25) is 0 Å². The molecule has 0 bridgehead atoms. The Balaban J connectivity index is 4.51. The van der Waals surface area contributed by atoms with Crippen molar-refractivity contribution in [2.24, 2.45) is 0 Å². The Morgan fingerprint density at radius 3 is 2.50 bits per heavy atom. The summed E-state index contributed by atoms with van der Waals surface area (Å²) >= 11 is 0. The molecule has 0 fully saturated rings. The average molecular weight is 166 g/mol. The van der Waals surface area contributed by atoms with Crippen LogP contribution in [0.4, 0.5) is 0 Å². The van der Waals surface area contributed by atoms with Crippen LogP contribution in [0.1, 0.15) is 6.92 Å². The first-order chi connectivity index (χ1) is 5.76. The number of rotatable bonds is 4. The molecule has 0 saturated carbocycles. The first-order valence-electron chi connectivity index (χ1n) is 3.65. The molecule has 0 aliphatic rings. The summed E-state index contributed by atoms with van der Waals surface area (Å²) in [6.45, 7) is 5.37. The fourth-order valence-corrected chi connectivity index (χ4v) is 0.635. The zero-order chi connectivity index (χ0) is 9.40. The third-order valence-corrected chi connectivity index (χ3v) is 1.19. The number of hydrogen-bond acceptors (Lipinski definition) is 2. The third kappa shape index (κ3) is 3.66. The Hall–Kier alpha value is -1.44. The van der Waals surface area contributed by atoms with Gasteiger partial charge in [0.2, 0.25) is 0 Å². The molecule has 0 radical (unpaired) electrons. The van der Waals surface area contributed by atoms with Crippen LogP contribution in [0.3, 0.4) is 0 Å². The second kappa shape index (κ2) is 6.28. The highest BCUT2D eigenvalue weighted by atomic mass is 16.5. The summed E-state index contributed by atoms with van der Waals surface area (Å²) < 4.78 is 4.89. The van der Waals surface area contributed by atoms with Crippen LogP contribution in [0, 0.1) is 0 Å². The smallest absolute Gasteiger partial charge is 0.160 e. The molecular weight excluding hydrogens is 152 g/mol. The maximum Gasteiger partial charge on any atom is 0.160 e. The van der Waals surface area contributed by atoms with E-state index >= 15 is 0 Å². The molecule has 0 heterocycles. The third-order valence-electron chi connectivity index (χ3n) is 1.19. The van der Waals surface area contributed by atoms with Crippen LogP contribution >= 0.6 is 0 Å². The minimum Gasteiger partial charge on any atom is -0.504 e. The van der Waals surface area contributed by atoms with E-state index in [-0.39, 0.29) is 5.76 Å². The van der Waals surface area contributed by atoms with Crippen molar-refractivity contribution in [2.45, 2.75) is 6.92 Å². The molecular formula is C10H14O2. The molecule has 0 saturated heterocycles. The predicted octanol–water partition coefficient (Wildman–Crippen LogP) is 2.72. The van der Waals surface area contributed by atoms with E-state index in [0.29, 0.717) is 5.76 Å². The maximum atomic E-state index is 9.34. The predicted molar refractivity (Wildman–Crippen MR) is 50.8 cm³/mol. The zero-order valence-corrected chi connectivity index (χ0v) is 7.45. The summed E-state index contributed by atoms with van der Waals surface area (Å²) in [5, 5.41) is 9.34. The number of aliphatic hydroxyl groups is 1. The molecule has 12 heavy (non-hydrogen) atoms. The zero-order valence-electron chi connectivity index (χ0n) is 7.45. The summed E-state index contributed by atoms with van der Waals surface area (Å²) in [6, 6.07) is 0. The number of ether oxygens (including phenoxy) is 1. The summed E-state index contributed by atoms with van der Waals surface area (Å²) in [6.07, 6.45) is 8.25. The Labute approximate surface area is 73.2 Å². The Morgan fingerprint density at radius 2 is 2.08 bits per heavy atom. The monoisotopic (exact) mass is 166 g/mol. The number of methoxy groups -OCH3 is 1. The fourth-order valence-electron chi connectivity index (χ4n) is 0.635. The highest BCUT2D eigenvalue weighted by molar-refractivity contribution is 5.25. The van der Waals surface area contributed by atoms with Crippen molar-refractivity contribution in [2.75, 3.05) is 7.11 Å². The Morgan fingerprint density at radius 1 is 1.42 bits per heavy atom. The van der Waals surface area contributed by atoms with Gasteiger partial charge in [-0.05, 0) is 19.1 Å². The van der Waals surface area contributed by atoms with Gasteiger partial charge in [-0.1, -0.05) is 24.8 Å². The molecule has 2 nitrogen and oxygen atoms in total. The van der Waals surface area contributed by atoms with Gasteiger partial charge in [0, 0.05) is 0 Å². The normalized spacial score (nSPS) is 13.5. The molecule has 0 aliphatic carbocycles. The topological polar surface area (TPSA) is 29.5 Å². The molecule has 0 aromatic heterocycles. The first-order valence-corrected chi connectivity index (χ1v) is 3.65. The number of hydrogen-bond donors (Lipinski definition) is 1. The van der Waals surface area contributed by atoms with E-state index in [1.807, 2.05) is 13.0 Å². The minimum absolute atomic E-state index is 0.0931. The molecule has 1 N–H and O–H groups in total. The van der Waals surface area contributed by atoms with Crippen LogP contribution in [0.5, 0.6) is 0 Å². The van der Waals surface area contributed by atoms with Gasteiger partial charge in [-0.25, -0.2) is 0 Å². The molecule has 0 aliphatic heterocycles. The van der Waals surface area contributed by atoms with Gasteiger partial charge >= 0.3 is 0 Å². The lowest BCUT2D eigenvalue weighted by Gasteiger charge is -2.02. The van der Waals surface area contributed by atoms with E-state index in [1.165, 1.54) is 7.11 Å². The standard InChI is InChI=1S/C10H14O2/c1-4-6-8-9(11)10(12-3)7-5-2/h4-8,11H,2H2,1,3H3/b6-4-,9-8+,10-7+. The quantitative estimate of drug-likeness (QED) is 0.514. The summed E-state index contributed by atoms with van der Waals surface area (Å²) in [5.41, 5.74) is 0. The van der Waals surface area contributed by atoms with Crippen LogP contribution in [0.15, 0.2) is 48.5 Å². The van der Waals surface area contributed by atoms with Gasteiger partial charge in [-0.2, -0.15) is 0 Å². The summed E-state index contributed by atoms with van der Waals surface area (Å²) in [7, 11) is 1.50. The van der Waals surface area contributed by atoms with Crippen LogP contribution in [0.25, 0.3) is 0 Å². The lowest BCUT2D eigenvalue weighted by molar-refractivity contribution is 0.256. The molecule has 0 atom stereocenters. The highest BCUT2D eigenvalue weighted by Gasteiger charge is 1.98. The van der Waals surface area contributed by atoms with E-state index in [9.17, 15) is 5.11 Å². The van der Waals surface area contributed by atoms with Crippen molar-refractivity contribution < 1.29 is 9.84 Å². The largest absolute Gasteiger partial charge is 0.504 e. The second-order valence-corrected chi connectivity index (χ2v) is 2.05. The van der Waals surface area contributed by atoms with Crippen molar-refractivity contribution in [1.82, 2.24) is 0 Å². The van der Waals surface area contributed by atoms with Gasteiger partial charge in [0.1, 0.15) is 0 Å². The van der Waals surface area contributed by atoms with Crippen LogP contribution in [-0.4, -0.2) is 12.2 Å².